The molecule has 0 bridgehead atoms. The molecule has 0 heterocycles. The molecule has 3 atom stereocenters. The van der Waals surface area contributed by atoms with Crippen LogP contribution in [-0.4, -0.2) is 34.1 Å². The zero-order valence-corrected chi connectivity index (χ0v) is 5.20. The van der Waals surface area contributed by atoms with Gasteiger partial charge in [0.05, 0.1) is 12.2 Å². The number of aliphatic hydroxyl groups is 3. The predicted octanol–water partition coefficient (Wildman–Crippen LogP) is -0.890. The molecule has 0 spiro atoms. The Labute approximate surface area is 53.9 Å². The molecule has 0 saturated heterocycles. The third-order valence-electron chi connectivity index (χ3n) is 1.94. The summed E-state index contributed by atoms with van der Waals surface area (Å²) in [5.74, 6) is -0.0972. The van der Waals surface area contributed by atoms with Crippen LogP contribution in [0.5, 0.6) is 0 Å². The molecule has 0 aromatic carbocycles. The normalized spacial score (nSPS) is 43.7. The van der Waals surface area contributed by atoms with E-state index in [2.05, 4.69) is 0 Å². The fraction of sp³-hybridized carbons (Fsp3) is 1.00. The van der Waals surface area contributed by atoms with Gasteiger partial charge in [-0.25, -0.2) is 0 Å². The maximum atomic E-state index is 9.05. The maximum Gasteiger partial charge on any atom is 0.0849 e. The first-order chi connectivity index (χ1) is 4.25. The summed E-state index contributed by atoms with van der Waals surface area (Å²) in [7, 11) is 0. The van der Waals surface area contributed by atoms with Crippen molar-refractivity contribution in [2.75, 3.05) is 6.61 Å². The molecular weight excluding hydrogens is 120 g/mol. The number of aliphatic hydroxyl groups excluding tert-OH is 3. The molecule has 0 amide bonds. The monoisotopic (exact) mass is 132 g/mol. The van der Waals surface area contributed by atoms with Gasteiger partial charge in [0.2, 0.25) is 0 Å². The van der Waals surface area contributed by atoms with Crippen LogP contribution >= 0.6 is 0 Å². The van der Waals surface area contributed by atoms with E-state index in [4.69, 9.17) is 15.3 Å². The van der Waals surface area contributed by atoms with Crippen molar-refractivity contribution in [2.24, 2.45) is 5.92 Å². The molecule has 1 aliphatic carbocycles. The summed E-state index contributed by atoms with van der Waals surface area (Å²) in [4.78, 5) is 0. The third kappa shape index (κ3) is 1.23. The summed E-state index contributed by atoms with van der Waals surface area (Å²) in [5.41, 5.74) is 0. The van der Waals surface area contributed by atoms with Crippen LogP contribution < -0.4 is 0 Å². The minimum Gasteiger partial charge on any atom is -0.396 e. The van der Waals surface area contributed by atoms with Crippen LogP contribution in [0.3, 0.4) is 0 Å². The van der Waals surface area contributed by atoms with E-state index in [1.54, 1.807) is 0 Å². The van der Waals surface area contributed by atoms with Gasteiger partial charge in [0.1, 0.15) is 0 Å². The summed E-state index contributed by atoms with van der Waals surface area (Å²) >= 11 is 0. The molecule has 0 aliphatic heterocycles. The van der Waals surface area contributed by atoms with Gasteiger partial charge < -0.3 is 15.3 Å². The van der Waals surface area contributed by atoms with Gasteiger partial charge in [-0.1, -0.05) is 0 Å². The standard InChI is InChI=1S/C6H12O3/c7-3-4-1-2-5(8)6(4)9/h4-9H,1-3H2/t4-,5+,6+/m1/s1. The Bertz CT molecular complexity index is 94.3. The van der Waals surface area contributed by atoms with Crippen LogP contribution in [0, 0.1) is 5.92 Å². The van der Waals surface area contributed by atoms with Crippen molar-refractivity contribution in [3.8, 4) is 0 Å². The minimum atomic E-state index is -0.699. The molecule has 0 aromatic heterocycles. The first-order valence-corrected chi connectivity index (χ1v) is 3.22. The second kappa shape index (κ2) is 2.64. The SMILES string of the molecule is OC[C@H]1CC[C@H](O)[C@H]1O. The molecule has 3 nitrogen and oxygen atoms in total. The van der Waals surface area contributed by atoms with E-state index in [1.807, 2.05) is 0 Å². The zero-order valence-electron chi connectivity index (χ0n) is 5.20. The number of hydrogen-bond donors (Lipinski definition) is 3. The average molecular weight is 132 g/mol. The van der Waals surface area contributed by atoms with Crippen LogP contribution in [0.2, 0.25) is 0 Å². The van der Waals surface area contributed by atoms with Crippen LogP contribution in [0.25, 0.3) is 0 Å². The highest BCUT2D eigenvalue weighted by molar-refractivity contribution is 4.83. The van der Waals surface area contributed by atoms with Crippen LogP contribution in [0.4, 0.5) is 0 Å². The molecule has 0 aromatic rings. The smallest absolute Gasteiger partial charge is 0.0849 e. The average Bonchev–Trinajstić information content (AvgIpc) is 2.15. The largest absolute Gasteiger partial charge is 0.396 e. The van der Waals surface area contributed by atoms with Gasteiger partial charge in [-0.15, -0.1) is 0 Å². The zero-order chi connectivity index (χ0) is 6.85. The summed E-state index contributed by atoms with van der Waals surface area (Å²) in [5, 5.41) is 26.6. The molecule has 1 saturated carbocycles. The molecule has 3 N–H and O–H groups in total. The van der Waals surface area contributed by atoms with Crippen LogP contribution in [-0.2, 0) is 0 Å². The fourth-order valence-electron chi connectivity index (χ4n) is 1.24. The summed E-state index contributed by atoms with van der Waals surface area (Å²) < 4.78 is 0. The van der Waals surface area contributed by atoms with Crippen molar-refractivity contribution in [3.05, 3.63) is 0 Å². The fourth-order valence-corrected chi connectivity index (χ4v) is 1.24. The Morgan fingerprint density at radius 1 is 1.22 bits per heavy atom. The Balaban J connectivity index is 2.41. The molecule has 0 radical (unpaired) electrons. The van der Waals surface area contributed by atoms with Crippen molar-refractivity contribution in [2.45, 2.75) is 25.0 Å². The van der Waals surface area contributed by atoms with Gasteiger partial charge >= 0.3 is 0 Å². The van der Waals surface area contributed by atoms with E-state index in [0.29, 0.717) is 6.42 Å². The molecular formula is C6H12O3. The topological polar surface area (TPSA) is 60.7 Å². The molecule has 1 aliphatic rings. The van der Waals surface area contributed by atoms with Gasteiger partial charge in [0.15, 0.2) is 0 Å². The summed E-state index contributed by atoms with van der Waals surface area (Å²) in [6.45, 7) is -0.0156. The van der Waals surface area contributed by atoms with Crippen molar-refractivity contribution in [1.82, 2.24) is 0 Å². The van der Waals surface area contributed by atoms with Crippen molar-refractivity contribution in [3.63, 3.8) is 0 Å². The van der Waals surface area contributed by atoms with Gasteiger partial charge in [0.25, 0.3) is 0 Å². The Kier molecular flexibility index (Phi) is 2.05. The van der Waals surface area contributed by atoms with E-state index >= 15 is 0 Å². The molecule has 1 rings (SSSR count). The molecule has 54 valence electrons. The Morgan fingerprint density at radius 2 is 1.89 bits per heavy atom. The first-order valence-electron chi connectivity index (χ1n) is 3.22. The molecule has 1 fully saturated rings. The highest BCUT2D eigenvalue weighted by atomic mass is 16.3. The lowest BCUT2D eigenvalue weighted by Crippen LogP contribution is -2.26. The van der Waals surface area contributed by atoms with Gasteiger partial charge in [-0.05, 0) is 12.8 Å². The third-order valence-corrected chi connectivity index (χ3v) is 1.94. The molecule has 0 unspecified atom stereocenters. The van der Waals surface area contributed by atoms with Crippen LogP contribution in [0.15, 0.2) is 0 Å². The number of rotatable bonds is 1. The van der Waals surface area contributed by atoms with Crippen molar-refractivity contribution in [1.29, 1.82) is 0 Å². The highest BCUT2D eigenvalue weighted by Crippen LogP contribution is 2.24. The van der Waals surface area contributed by atoms with Gasteiger partial charge in [-0.2, -0.15) is 0 Å². The van der Waals surface area contributed by atoms with Crippen molar-refractivity contribution < 1.29 is 15.3 Å². The van der Waals surface area contributed by atoms with E-state index < -0.39 is 12.2 Å². The van der Waals surface area contributed by atoms with Crippen molar-refractivity contribution >= 4 is 0 Å². The molecule has 9 heavy (non-hydrogen) atoms. The van der Waals surface area contributed by atoms with Gasteiger partial charge in [-0.3, -0.25) is 0 Å². The molecule has 3 heteroatoms. The van der Waals surface area contributed by atoms with E-state index in [0.717, 1.165) is 6.42 Å². The second-order valence-corrected chi connectivity index (χ2v) is 2.58. The van der Waals surface area contributed by atoms with Gasteiger partial charge in [0, 0.05) is 12.5 Å². The lowest BCUT2D eigenvalue weighted by molar-refractivity contribution is 0.00682. The quantitative estimate of drug-likeness (QED) is 0.434. The number of hydrogen-bond acceptors (Lipinski definition) is 3. The van der Waals surface area contributed by atoms with E-state index in [-0.39, 0.29) is 12.5 Å². The predicted molar refractivity (Wildman–Crippen MR) is 31.8 cm³/mol. The Hall–Kier alpha value is -0.120. The van der Waals surface area contributed by atoms with E-state index in [1.165, 1.54) is 0 Å². The lowest BCUT2D eigenvalue weighted by atomic mass is 10.1. The minimum absolute atomic E-state index is 0.0156. The lowest BCUT2D eigenvalue weighted by Gasteiger charge is -2.12. The van der Waals surface area contributed by atoms with E-state index in [9.17, 15) is 0 Å². The summed E-state index contributed by atoms with van der Waals surface area (Å²) in [6, 6.07) is 0. The Morgan fingerprint density at radius 3 is 2.11 bits per heavy atom. The first kappa shape index (κ1) is 6.99. The summed E-state index contributed by atoms with van der Waals surface area (Å²) in [6.07, 6.45) is 0.0442. The van der Waals surface area contributed by atoms with Crippen LogP contribution in [0.1, 0.15) is 12.8 Å². The maximum absolute atomic E-state index is 9.05. The highest BCUT2D eigenvalue weighted by Gasteiger charge is 2.32. The second-order valence-electron chi connectivity index (χ2n) is 2.58.